The first-order chi connectivity index (χ1) is 28.0. The molecule has 6 N–H and O–H groups in total. The van der Waals surface area contributed by atoms with Crippen LogP contribution in [0.1, 0.15) is 56.7 Å². The first-order valence-corrected chi connectivity index (χ1v) is 19.8. The van der Waals surface area contributed by atoms with Crippen LogP contribution in [0.25, 0.3) is 10.2 Å². The third-order valence-electron chi connectivity index (χ3n) is 9.52. The van der Waals surface area contributed by atoms with Gasteiger partial charge in [-0.05, 0) is 62.4 Å². The molecule has 2 aliphatic heterocycles. The number of nitrogens with zero attached hydrogens (tertiary/aromatic N) is 3. The van der Waals surface area contributed by atoms with Crippen molar-refractivity contribution in [2.24, 2.45) is 0 Å². The Morgan fingerprint density at radius 2 is 1.65 bits per heavy atom. The number of phenols is 1. The van der Waals surface area contributed by atoms with Crippen molar-refractivity contribution in [2.75, 3.05) is 52.5 Å². The number of fused-ring (bicyclic) bond motifs is 1. The summed E-state index contributed by atoms with van der Waals surface area (Å²) in [6.07, 6.45) is -9.24. The number of aromatic amines is 1. The number of thiazole rings is 2. The Bertz CT molecular complexity index is 2160. The topological polar surface area (TPSA) is 215 Å². The summed E-state index contributed by atoms with van der Waals surface area (Å²) < 4.78 is 76.5. The van der Waals surface area contributed by atoms with Gasteiger partial charge < -0.3 is 45.1 Å². The van der Waals surface area contributed by atoms with Crippen LogP contribution in [0.2, 0.25) is 0 Å². The Morgan fingerprint density at radius 1 is 1.02 bits per heavy atom. The molecule has 4 heterocycles. The fourth-order valence-electron chi connectivity index (χ4n) is 6.36. The van der Waals surface area contributed by atoms with E-state index in [1.807, 2.05) is 24.1 Å². The number of aliphatic carboxylic acids is 2. The largest absolute Gasteiger partial charge is 0.506 e. The van der Waals surface area contributed by atoms with Gasteiger partial charge in [-0.1, -0.05) is 23.5 Å². The SMILES string of the molecule is Cc1nc(C(=O)N2CCOC3(CCN(CCOc4cc(C)c(CNC[C@H](O)c5ccc(O)c6[nH]c(=O)sc56)cc4C)CC3)C2)cs1.O=C(O)C(F)(F)F.O=C(O)C(F)(F)F. The molecule has 0 aliphatic carbocycles. The summed E-state index contributed by atoms with van der Waals surface area (Å²) in [5.74, 6) is -4.65. The number of aliphatic hydroxyl groups excluding tert-OH is 1. The second-order valence-corrected chi connectivity index (χ2v) is 15.9. The second-order valence-electron chi connectivity index (χ2n) is 13.9. The molecule has 6 rings (SSSR count). The highest BCUT2D eigenvalue weighted by Gasteiger charge is 2.42. The minimum atomic E-state index is -5.08. The molecule has 2 aromatic heterocycles. The number of ether oxygens (including phenoxy) is 2. The maximum atomic E-state index is 13.0. The Hall–Kier alpha value is -4.81. The highest BCUT2D eigenvalue weighted by atomic mass is 32.1. The smallest absolute Gasteiger partial charge is 0.490 e. The third kappa shape index (κ3) is 13.1. The van der Waals surface area contributed by atoms with Gasteiger partial charge in [-0.15, -0.1) is 11.3 Å². The van der Waals surface area contributed by atoms with Gasteiger partial charge in [0.2, 0.25) is 0 Å². The lowest BCUT2D eigenvalue weighted by atomic mass is 9.89. The minimum absolute atomic E-state index is 0.000510. The number of carbonyl (C=O) groups excluding carboxylic acids is 1. The number of hydrogen-bond acceptors (Lipinski definition) is 13. The number of piperidine rings is 1. The average Bonchev–Trinajstić information content (AvgIpc) is 3.79. The number of carboxylic acid groups (broad SMARTS) is 2. The zero-order valence-corrected chi connectivity index (χ0v) is 34.0. The lowest BCUT2D eigenvalue weighted by molar-refractivity contribution is -0.193. The molecular formula is C37H43F6N5O10S2. The van der Waals surface area contributed by atoms with E-state index in [1.165, 1.54) is 17.4 Å². The van der Waals surface area contributed by atoms with Crippen molar-refractivity contribution in [2.45, 2.75) is 64.2 Å². The number of amides is 1. The van der Waals surface area contributed by atoms with Gasteiger partial charge in [-0.3, -0.25) is 14.5 Å². The van der Waals surface area contributed by atoms with E-state index in [0.717, 1.165) is 71.3 Å². The predicted octanol–water partition coefficient (Wildman–Crippen LogP) is 5.15. The lowest BCUT2D eigenvalue weighted by Gasteiger charge is -2.47. The number of rotatable bonds is 10. The number of hydrogen-bond donors (Lipinski definition) is 6. The monoisotopic (exact) mass is 895 g/mol. The second kappa shape index (κ2) is 20.2. The number of morpholine rings is 1. The molecule has 1 amide bonds. The molecule has 2 aliphatic rings. The summed E-state index contributed by atoms with van der Waals surface area (Å²) in [6.45, 7) is 11.8. The van der Waals surface area contributed by atoms with Crippen molar-refractivity contribution in [3.63, 3.8) is 0 Å². The Kier molecular flexibility index (Phi) is 16.1. The molecular weight excluding hydrogens is 853 g/mol. The van der Waals surface area contributed by atoms with Gasteiger partial charge in [-0.2, -0.15) is 26.3 Å². The zero-order valence-electron chi connectivity index (χ0n) is 32.4. The first kappa shape index (κ1) is 47.9. The maximum Gasteiger partial charge on any atom is 0.490 e. The summed E-state index contributed by atoms with van der Waals surface area (Å²) in [5, 5.41) is 41.2. The summed E-state index contributed by atoms with van der Waals surface area (Å²) in [6, 6.07) is 7.33. The number of H-pyrrole nitrogens is 1. The summed E-state index contributed by atoms with van der Waals surface area (Å²) in [7, 11) is 0. The van der Waals surface area contributed by atoms with E-state index in [4.69, 9.17) is 29.3 Å². The first-order valence-electron chi connectivity index (χ1n) is 18.1. The van der Waals surface area contributed by atoms with Crippen LogP contribution in [0.4, 0.5) is 26.3 Å². The fraction of sp³-hybridized carbons (Fsp3) is 0.486. The van der Waals surface area contributed by atoms with Crippen molar-refractivity contribution < 1.29 is 70.6 Å². The maximum absolute atomic E-state index is 13.0. The third-order valence-corrected chi connectivity index (χ3v) is 11.2. The number of benzene rings is 2. The van der Waals surface area contributed by atoms with Gasteiger partial charge in [0.25, 0.3) is 5.91 Å². The lowest BCUT2D eigenvalue weighted by Crippen LogP contribution is -2.58. The van der Waals surface area contributed by atoms with E-state index in [9.17, 15) is 46.1 Å². The van der Waals surface area contributed by atoms with Crippen molar-refractivity contribution >= 4 is 50.7 Å². The normalized spacial score (nSPS) is 16.1. The molecule has 60 heavy (non-hydrogen) atoms. The molecule has 0 radical (unpaired) electrons. The molecule has 15 nitrogen and oxygen atoms in total. The quantitative estimate of drug-likeness (QED) is 0.114. The predicted molar refractivity (Wildman–Crippen MR) is 207 cm³/mol. The van der Waals surface area contributed by atoms with E-state index in [2.05, 4.69) is 39.2 Å². The molecule has 330 valence electrons. The Balaban J connectivity index is 0.000000488. The number of aromatic hydroxyl groups is 1. The van der Waals surface area contributed by atoms with E-state index in [1.54, 1.807) is 6.07 Å². The van der Waals surface area contributed by atoms with Crippen LogP contribution in [-0.2, 0) is 20.9 Å². The number of halogens is 6. The van der Waals surface area contributed by atoms with Crippen LogP contribution in [0.3, 0.4) is 0 Å². The number of carboxylic acids is 2. The van der Waals surface area contributed by atoms with Gasteiger partial charge in [0.1, 0.15) is 29.3 Å². The molecule has 1 atom stereocenters. The minimum Gasteiger partial charge on any atom is -0.506 e. The number of aliphatic hydroxyl groups is 1. The van der Waals surface area contributed by atoms with Gasteiger partial charge in [0, 0.05) is 50.2 Å². The molecule has 2 aromatic carbocycles. The Morgan fingerprint density at radius 3 is 2.23 bits per heavy atom. The number of likely N-dealkylation sites (tertiary alicyclic amines) is 1. The average molecular weight is 896 g/mol. The summed E-state index contributed by atoms with van der Waals surface area (Å²) >= 11 is 2.49. The molecule has 0 bridgehead atoms. The summed E-state index contributed by atoms with van der Waals surface area (Å²) in [5.41, 5.74) is 4.47. The standard InChI is InChI=1S/C33H41N5O6S2.2C2HF3O2/c1-20-15-28(21(2)14-23(20)16-34-17-27(40)24-4-5-26(39)29-30(24)46-32(42)36-29)43-12-10-37-8-6-33(7-9-37)19-38(11-13-44-33)31(41)25-18-45-22(3)35-25;2*3-2(4,5)1(6)7/h4-5,14-15,18,27,34,39-40H,6-13,16-17,19H2,1-3H3,(H,36,42);2*(H,6,7)/t27-;;/m0../s1. The number of phenolic OH excluding ortho intramolecular Hbond substituents is 1. The molecule has 2 fully saturated rings. The van der Waals surface area contributed by atoms with Crippen molar-refractivity contribution in [3.8, 4) is 11.5 Å². The van der Waals surface area contributed by atoms with Gasteiger partial charge in [0.15, 0.2) is 0 Å². The number of nitrogens with one attached hydrogen (secondary N) is 2. The zero-order chi connectivity index (χ0) is 44.6. The Labute approximate surface area is 346 Å². The number of carbonyl (C=O) groups is 3. The van der Waals surface area contributed by atoms with Crippen LogP contribution < -0.4 is 14.9 Å². The molecule has 0 saturated carbocycles. The van der Waals surface area contributed by atoms with Crippen molar-refractivity contribution in [3.05, 3.63) is 72.3 Å². The van der Waals surface area contributed by atoms with Gasteiger partial charge in [-0.25, -0.2) is 14.6 Å². The molecule has 4 aromatic rings. The van der Waals surface area contributed by atoms with E-state index in [0.29, 0.717) is 60.9 Å². The highest BCUT2D eigenvalue weighted by Crippen LogP contribution is 2.33. The van der Waals surface area contributed by atoms with Crippen LogP contribution in [0, 0.1) is 20.8 Å². The molecule has 23 heteroatoms. The van der Waals surface area contributed by atoms with Crippen molar-refractivity contribution in [1.29, 1.82) is 0 Å². The molecule has 2 saturated heterocycles. The van der Waals surface area contributed by atoms with Crippen LogP contribution >= 0.6 is 22.7 Å². The summed E-state index contributed by atoms with van der Waals surface area (Å²) in [4.78, 5) is 53.6. The van der Waals surface area contributed by atoms with E-state index < -0.39 is 30.4 Å². The molecule has 0 unspecified atom stereocenters. The number of alkyl halides is 6. The van der Waals surface area contributed by atoms with Crippen LogP contribution in [0.5, 0.6) is 11.5 Å². The number of aryl methyl sites for hydroxylation is 3. The van der Waals surface area contributed by atoms with Crippen molar-refractivity contribution in [1.82, 2.24) is 25.1 Å². The molecule has 1 spiro atoms. The van der Waals surface area contributed by atoms with E-state index >= 15 is 0 Å². The van der Waals surface area contributed by atoms with E-state index in [-0.39, 0.29) is 22.1 Å². The van der Waals surface area contributed by atoms with Crippen LogP contribution in [0.15, 0.2) is 34.4 Å². The van der Waals surface area contributed by atoms with Crippen LogP contribution in [-0.4, -0.2) is 128 Å². The number of aromatic nitrogens is 2. The highest BCUT2D eigenvalue weighted by molar-refractivity contribution is 7.16. The van der Waals surface area contributed by atoms with Gasteiger partial charge in [0.05, 0.1) is 34.6 Å². The fourth-order valence-corrected chi connectivity index (χ4v) is 7.87. The van der Waals surface area contributed by atoms with Gasteiger partial charge >= 0.3 is 29.2 Å².